The number of aliphatic hydroxyl groups excluding tert-OH is 1. The van der Waals surface area contributed by atoms with E-state index in [1.165, 1.54) is 36.8 Å². The van der Waals surface area contributed by atoms with Crippen molar-refractivity contribution in [2.24, 2.45) is 5.92 Å². The molecule has 1 aliphatic rings. The number of ether oxygens (including phenoxy) is 1. The Kier molecular flexibility index (Phi) is 7.27. The van der Waals surface area contributed by atoms with Crippen molar-refractivity contribution in [1.82, 2.24) is 0 Å². The van der Waals surface area contributed by atoms with Crippen LogP contribution in [-0.2, 0) is 22.6 Å². The van der Waals surface area contributed by atoms with Gasteiger partial charge in [0.25, 0.3) is 0 Å². The van der Waals surface area contributed by atoms with E-state index in [4.69, 9.17) is 4.74 Å². The Hall–Kier alpha value is -2.39. The quantitative estimate of drug-likeness (QED) is 0.478. The molecule has 2 aromatic carbocycles. The number of hydrogen-bond donors (Lipinski definition) is 1. The number of hydrogen-bond acceptors (Lipinski definition) is 3. The van der Waals surface area contributed by atoms with Crippen LogP contribution in [0.4, 0.5) is 0 Å². The number of esters is 1. The maximum atomic E-state index is 11.6. The van der Waals surface area contributed by atoms with Crippen molar-refractivity contribution in [3.8, 4) is 11.1 Å². The molecule has 3 rings (SSSR count). The molecule has 1 fully saturated rings. The minimum atomic E-state index is -0.376. The van der Waals surface area contributed by atoms with Crippen LogP contribution in [0.1, 0.15) is 62.1 Å². The van der Waals surface area contributed by atoms with Gasteiger partial charge in [0.1, 0.15) is 0 Å². The zero-order chi connectivity index (χ0) is 20.8. The van der Waals surface area contributed by atoms with Crippen molar-refractivity contribution in [1.29, 1.82) is 0 Å². The van der Waals surface area contributed by atoms with Gasteiger partial charge in [0.05, 0.1) is 13.2 Å². The third kappa shape index (κ3) is 5.57. The lowest BCUT2D eigenvalue weighted by molar-refractivity contribution is -0.138. The summed E-state index contributed by atoms with van der Waals surface area (Å²) in [6.45, 7) is 7.84. The Balaban J connectivity index is 1.71. The summed E-state index contributed by atoms with van der Waals surface area (Å²) in [5.41, 5.74) is 6.00. The molecule has 3 nitrogen and oxygen atoms in total. The highest BCUT2D eigenvalue weighted by Crippen LogP contribution is 2.36. The Morgan fingerprint density at radius 1 is 1.03 bits per heavy atom. The molecule has 0 heterocycles. The zero-order valence-electron chi connectivity index (χ0n) is 17.6. The maximum Gasteiger partial charge on any atom is 0.333 e. The number of rotatable bonds is 7. The van der Waals surface area contributed by atoms with Crippen molar-refractivity contribution < 1.29 is 14.6 Å². The highest BCUT2D eigenvalue weighted by Gasteiger charge is 2.19. The highest BCUT2D eigenvalue weighted by molar-refractivity contribution is 5.86. The van der Waals surface area contributed by atoms with Crippen LogP contribution in [0, 0.1) is 5.92 Å². The molecular weight excluding hydrogens is 360 g/mol. The van der Waals surface area contributed by atoms with Crippen LogP contribution in [0.2, 0.25) is 0 Å². The summed E-state index contributed by atoms with van der Waals surface area (Å²) in [5.74, 6) is 1.18. The summed E-state index contributed by atoms with van der Waals surface area (Å²) in [6, 6.07) is 15.0. The van der Waals surface area contributed by atoms with Crippen molar-refractivity contribution >= 4 is 5.97 Å². The van der Waals surface area contributed by atoms with Crippen LogP contribution in [0.25, 0.3) is 11.1 Å². The second-order valence-corrected chi connectivity index (χ2v) is 8.39. The second kappa shape index (κ2) is 9.89. The first kappa shape index (κ1) is 21.3. The van der Waals surface area contributed by atoms with Gasteiger partial charge in [0.2, 0.25) is 0 Å². The Morgan fingerprint density at radius 3 is 2.31 bits per heavy atom. The maximum absolute atomic E-state index is 11.6. The fourth-order valence-electron chi connectivity index (χ4n) is 4.11. The molecule has 1 N–H and O–H groups in total. The molecule has 29 heavy (non-hydrogen) atoms. The molecule has 0 amide bonds. The van der Waals surface area contributed by atoms with Gasteiger partial charge in [-0.05, 0) is 59.4 Å². The first-order chi connectivity index (χ1) is 14.0. The molecule has 0 unspecified atom stereocenters. The van der Waals surface area contributed by atoms with E-state index in [9.17, 15) is 9.90 Å². The fraction of sp³-hybridized carbons (Fsp3) is 0.423. The minimum absolute atomic E-state index is 0.0247. The lowest BCUT2D eigenvalue weighted by atomic mass is 9.79. The van der Waals surface area contributed by atoms with E-state index in [0.29, 0.717) is 17.9 Å². The van der Waals surface area contributed by atoms with E-state index in [1.54, 1.807) is 6.92 Å². The molecule has 0 radical (unpaired) electrons. The van der Waals surface area contributed by atoms with E-state index in [0.717, 1.165) is 22.6 Å². The summed E-state index contributed by atoms with van der Waals surface area (Å²) in [7, 11) is 0. The topological polar surface area (TPSA) is 46.5 Å². The summed E-state index contributed by atoms with van der Waals surface area (Å²) in [4.78, 5) is 11.6. The lowest BCUT2D eigenvalue weighted by Gasteiger charge is -2.26. The number of benzene rings is 2. The summed E-state index contributed by atoms with van der Waals surface area (Å²) >= 11 is 0. The lowest BCUT2D eigenvalue weighted by Crippen LogP contribution is -2.10. The van der Waals surface area contributed by atoms with Crippen molar-refractivity contribution in [3.05, 3.63) is 71.3 Å². The first-order valence-corrected chi connectivity index (χ1v) is 10.6. The average molecular weight is 393 g/mol. The van der Waals surface area contributed by atoms with Crippen LogP contribution in [-0.4, -0.2) is 17.7 Å². The third-order valence-corrected chi connectivity index (χ3v) is 6.06. The number of carbonyl (C=O) groups excluding carboxylic acids is 1. The van der Waals surface area contributed by atoms with E-state index < -0.39 is 0 Å². The largest absolute Gasteiger partial charge is 0.462 e. The predicted molar refractivity (Wildman–Crippen MR) is 118 cm³/mol. The molecule has 0 aromatic heterocycles. The summed E-state index contributed by atoms with van der Waals surface area (Å²) in [5, 5.41) is 9.65. The average Bonchev–Trinajstić information content (AvgIpc) is 2.74. The molecule has 3 heteroatoms. The molecule has 0 spiro atoms. The minimum Gasteiger partial charge on any atom is -0.462 e. The van der Waals surface area contributed by atoms with Gasteiger partial charge < -0.3 is 9.84 Å². The second-order valence-electron chi connectivity index (χ2n) is 8.39. The molecule has 0 saturated heterocycles. The summed E-state index contributed by atoms with van der Waals surface area (Å²) in [6.07, 6.45) is 5.81. The SMILES string of the molecule is C=C(C)C(=O)OCCc1cc(-c2ccc(C3CCC(C)CC3)cc2)ccc1CO. The van der Waals surface area contributed by atoms with E-state index in [1.807, 2.05) is 12.1 Å². The fourth-order valence-corrected chi connectivity index (χ4v) is 4.11. The van der Waals surface area contributed by atoms with Gasteiger partial charge >= 0.3 is 5.97 Å². The summed E-state index contributed by atoms with van der Waals surface area (Å²) < 4.78 is 5.22. The standard InChI is InChI=1S/C26H32O3/c1-18(2)26(28)29-15-14-24-16-23(12-13-25(24)17-27)22-10-8-21(9-11-22)20-6-4-19(3)5-7-20/h8-13,16,19-20,27H,1,4-7,14-15,17H2,2-3H3. The third-order valence-electron chi connectivity index (χ3n) is 6.06. The van der Waals surface area contributed by atoms with Gasteiger partial charge in [-0.25, -0.2) is 4.79 Å². The van der Waals surface area contributed by atoms with E-state index in [2.05, 4.69) is 43.8 Å². The molecule has 0 bridgehead atoms. The van der Waals surface area contributed by atoms with Crippen LogP contribution in [0.15, 0.2) is 54.6 Å². The van der Waals surface area contributed by atoms with Crippen LogP contribution in [0.5, 0.6) is 0 Å². The number of aliphatic hydroxyl groups is 1. The van der Waals surface area contributed by atoms with Crippen LogP contribution in [0.3, 0.4) is 0 Å². The van der Waals surface area contributed by atoms with Crippen LogP contribution < -0.4 is 0 Å². The van der Waals surface area contributed by atoms with E-state index >= 15 is 0 Å². The number of carbonyl (C=O) groups is 1. The molecule has 1 saturated carbocycles. The Bertz CT molecular complexity index is 843. The molecule has 154 valence electrons. The zero-order valence-corrected chi connectivity index (χ0v) is 17.6. The van der Waals surface area contributed by atoms with Crippen molar-refractivity contribution in [2.75, 3.05) is 6.61 Å². The molecular formula is C26H32O3. The molecule has 0 aliphatic heterocycles. The smallest absolute Gasteiger partial charge is 0.333 e. The van der Waals surface area contributed by atoms with Crippen LogP contribution >= 0.6 is 0 Å². The molecule has 0 atom stereocenters. The Labute approximate surface area is 174 Å². The highest BCUT2D eigenvalue weighted by atomic mass is 16.5. The van der Waals surface area contributed by atoms with Gasteiger partial charge in [-0.2, -0.15) is 0 Å². The molecule has 2 aromatic rings. The van der Waals surface area contributed by atoms with E-state index in [-0.39, 0.29) is 19.2 Å². The van der Waals surface area contributed by atoms with Gasteiger partial charge in [-0.1, -0.05) is 68.8 Å². The monoisotopic (exact) mass is 392 g/mol. The molecule has 1 aliphatic carbocycles. The van der Waals surface area contributed by atoms with Gasteiger partial charge in [-0.15, -0.1) is 0 Å². The van der Waals surface area contributed by atoms with Gasteiger partial charge in [-0.3, -0.25) is 0 Å². The van der Waals surface area contributed by atoms with Gasteiger partial charge in [0.15, 0.2) is 0 Å². The van der Waals surface area contributed by atoms with Crippen molar-refractivity contribution in [2.45, 2.75) is 58.5 Å². The van der Waals surface area contributed by atoms with Crippen molar-refractivity contribution in [3.63, 3.8) is 0 Å². The predicted octanol–water partition coefficient (Wildman–Crippen LogP) is 5.80. The van der Waals surface area contributed by atoms with Gasteiger partial charge in [0, 0.05) is 12.0 Å². The first-order valence-electron chi connectivity index (χ1n) is 10.6. The Morgan fingerprint density at radius 2 is 1.69 bits per heavy atom. The normalized spacial score (nSPS) is 19.0.